The Kier molecular flexibility index (Phi) is 5.37. The Hall–Kier alpha value is -0.950. The molecule has 118 valence electrons. The summed E-state index contributed by atoms with van der Waals surface area (Å²) in [7, 11) is -3.48. The van der Waals surface area contributed by atoms with Gasteiger partial charge in [0.25, 0.3) is 0 Å². The zero-order chi connectivity index (χ0) is 15.5. The molecule has 1 fully saturated rings. The van der Waals surface area contributed by atoms with Gasteiger partial charge in [0, 0.05) is 26.2 Å². The lowest BCUT2D eigenvalue weighted by atomic mass is 10.1. The standard InChI is InChI=1S/C15H24N2O3S/c1-3-20-14-5-4-8-17(11-14)21(18,19)15-9-13(10-16)7-6-12(15)2/h6-7,9,14H,3-5,8,10-11,16H2,1-2H3. The van der Waals surface area contributed by atoms with Crippen molar-refractivity contribution in [2.24, 2.45) is 5.73 Å². The van der Waals surface area contributed by atoms with Crippen molar-refractivity contribution in [2.75, 3.05) is 19.7 Å². The first-order chi connectivity index (χ1) is 9.98. The van der Waals surface area contributed by atoms with E-state index in [1.54, 1.807) is 10.4 Å². The molecule has 6 heteroatoms. The zero-order valence-corrected chi connectivity index (χ0v) is 13.5. The third-order valence-electron chi connectivity index (χ3n) is 3.85. The molecular weight excluding hydrogens is 288 g/mol. The van der Waals surface area contributed by atoms with Crippen LogP contribution in [0, 0.1) is 6.92 Å². The topological polar surface area (TPSA) is 72.6 Å². The van der Waals surface area contributed by atoms with E-state index in [4.69, 9.17) is 10.5 Å². The lowest BCUT2D eigenvalue weighted by Crippen LogP contribution is -2.43. The van der Waals surface area contributed by atoms with Crippen LogP contribution < -0.4 is 5.73 Å². The van der Waals surface area contributed by atoms with Crippen LogP contribution in [0.3, 0.4) is 0 Å². The number of hydrogen-bond acceptors (Lipinski definition) is 4. The highest BCUT2D eigenvalue weighted by molar-refractivity contribution is 7.89. The Morgan fingerprint density at radius 2 is 2.19 bits per heavy atom. The van der Waals surface area contributed by atoms with Gasteiger partial charge in [-0.1, -0.05) is 12.1 Å². The van der Waals surface area contributed by atoms with Crippen LogP contribution in [-0.2, 0) is 21.3 Å². The number of aryl methyl sites for hydroxylation is 1. The van der Waals surface area contributed by atoms with Crippen LogP contribution in [0.4, 0.5) is 0 Å². The van der Waals surface area contributed by atoms with Gasteiger partial charge in [0.2, 0.25) is 10.0 Å². The first-order valence-corrected chi connectivity index (χ1v) is 8.84. The Labute approximate surface area is 127 Å². The summed E-state index contributed by atoms with van der Waals surface area (Å²) in [6.45, 7) is 5.69. The van der Waals surface area contributed by atoms with Gasteiger partial charge in [-0.25, -0.2) is 8.42 Å². The molecule has 0 amide bonds. The van der Waals surface area contributed by atoms with Gasteiger partial charge in [-0.2, -0.15) is 4.31 Å². The summed E-state index contributed by atoms with van der Waals surface area (Å²) in [4.78, 5) is 0.364. The fraction of sp³-hybridized carbons (Fsp3) is 0.600. The Morgan fingerprint density at radius 3 is 2.86 bits per heavy atom. The van der Waals surface area contributed by atoms with Crippen molar-refractivity contribution in [1.29, 1.82) is 0 Å². The van der Waals surface area contributed by atoms with Crippen molar-refractivity contribution in [3.05, 3.63) is 29.3 Å². The molecule has 0 saturated carbocycles. The third-order valence-corrected chi connectivity index (χ3v) is 5.86. The average Bonchev–Trinajstić information content (AvgIpc) is 2.48. The maximum atomic E-state index is 12.9. The molecule has 0 aliphatic carbocycles. The number of sulfonamides is 1. The van der Waals surface area contributed by atoms with Gasteiger partial charge in [0.1, 0.15) is 0 Å². The Bertz CT molecular complexity index is 585. The molecule has 2 N–H and O–H groups in total. The van der Waals surface area contributed by atoms with Crippen LogP contribution in [0.1, 0.15) is 30.9 Å². The number of rotatable bonds is 5. The van der Waals surface area contributed by atoms with Gasteiger partial charge in [0.05, 0.1) is 11.0 Å². The van der Waals surface area contributed by atoms with Gasteiger partial charge < -0.3 is 10.5 Å². The van der Waals surface area contributed by atoms with Crippen molar-refractivity contribution < 1.29 is 13.2 Å². The smallest absolute Gasteiger partial charge is 0.243 e. The maximum Gasteiger partial charge on any atom is 0.243 e. The van der Waals surface area contributed by atoms with E-state index in [9.17, 15) is 8.42 Å². The van der Waals surface area contributed by atoms with E-state index >= 15 is 0 Å². The molecule has 0 radical (unpaired) electrons. The molecule has 1 aliphatic heterocycles. The van der Waals surface area contributed by atoms with Gasteiger partial charge in [0.15, 0.2) is 0 Å². The minimum Gasteiger partial charge on any atom is -0.377 e. The number of piperidine rings is 1. The predicted octanol–water partition coefficient (Wildman–Crippen LogP) is 1.64. The summed E-state index contributed by atoms with van der Waals surface area (Å²) in [5, 5.41) is 0. The molecular formula is C15H24N2O3S. The largest absolute Gasteiger partial charge is 0.377 e. The van der Waals surface area contributed by atoms with Crippen molar-refractivity contribution >= 4 is 10.0 Å². The first-order valence-electron chi connectivity index (χ1n) is 7.40. The highest BCUT2D eigenvalue weighted by Gasteiger charge is 2.31. The lowest BCUT2D eigenvalue weighted by Gasteiger charge is -2.32. The molecule has 0 aromatic heterocycles. The summed E-state index contributed by atoms with van der Waals surface area (Å²) in [6, 6.07) is 5.38. The molecule has 1 aliphatic rings. The van der Waals surface area contributed by atoms with Crippen LogP contribution >= 0.6 is 0 Å². The molecule has 2 rings (SSSR count). The van der Waals surface area contributed by atoms with Crippen molar-refractivity contribution in [2.45, 2.75) is 44.2 Å². The molecule has 5 nitrogen and oxygen atoms in total. The van der Waals surface area contributed by atoms with Crippen LogP contribution in [0.15, 0.2) is 23.1 Å². The fourth-order valence-electron chi connectivity index (χ4n) is 2.68. The summed E-state index contributed by atoms with van der Waals surface area (Å²) in [5.74, 6) is 0. The maximum absolute atomic E-state index is 12.9. The molecule has 0 spiro atoms. The number of benzene rings is 1. The Balaban J connectivity index is 2.29. The van der Waals surface area contributed by atoms with E-state index in [0.717, 1.165) is 24.0 Å². The molecule has 1 heterocycles. The molecule has 1 saturated heterocycles. The van der Waals surface area contributed by atoms with Gasteiger partial charge in [-0.3, -0.25) is 0 Å². The zero-order valence-electron chi connectivity index (χ0n) is 12.7. The molecule has 0 bridgehead atoms. The first kappa shape index (κ1) is 16.4. The molecule has 1 aromatic carbocycles. The summed E-state index contributed by atoms with van der Waals surface area (Å²) >= 11 is 0. The third kappa shape index (κ3) is 3.63. The van der Waals surface area contributed by atoms with Crippen LogP contribution in [-0.4, -0.2) is 38.5 Å². The minimum atomic E-state index is -3.48. The number of ether oxygens (including phenoxy) is 1. The van der Waals surface area contributed by atoms with Crippen LogP contribution in [0.5, 0.6) is 0 Å². The second-order valence-electron chi connectivity index (χ2n) is 5.39. The van der Waals surface area contributed by atoms with Crippen LogP contribution in [0.2, 0.25) is 0 Å². The quantitative estimate of drug-likeness (QED) is 0.897. The van der Waals surface area contributed by atoms with Gasteiger partial charge >= 0.3 is 0 Å². The molecule has 21 heavy (non-hydrogen) atoms. The van der Waals surface area contributed by atoms with Crippen LogP contribution in [0.25, 0.3) is 0 Å². The van der Waals surface area contributed by atoms with E-state index in [2.05, 4.69) is 0 Å². The number of nitrogens with zero attached hydrogens (tertiary/aromatic N) is 1. The minimum absolute atomic E-state index is 0.00322. The van der Waals surface area contributed by atoms with Gasteiger partial charge in [-0.05, 0) is 43.9 Å². The van der Waals surface area contributed by atoms with E-state index < -0.39 is 10.0 Å². The van der Waals surface area contributed by atoms with E-state index in [1.165, 1.54) is 0 Å². The summed E-state index contributed by atoms with van der Waals surface area (Å²) in [5.41, 5.74) is 7.21. The van der Waals surface area contributed by atoms with Crippen molar-refractivity contribution in [3.63, 3.8) is 0 Å². The summed E-state index contributed by atoms with van der Waals surface area (Å²) in [6.07, 6.45) is 1.75. The van der Waals surface area contributed by atoms with Crippen molar-refractivity contribution in [1.82, 2.24) is 4.31 Å². The van der Waals surface area contributed by atoms with E-state index in [-0.39, 0.29) is 6.10 Å². The lowest BCUT2D eigenvalue weighted by molar-refractivity contribution is 0.0265. The fourth-order valence-corrected chi connectivity index (χ4v) is 4.47. The Morgan fingerprint density at radius 1 is 1.43 bits per heavy atom. The summed E-state index contributed by atoms with van der Waals surface area (Å²) < 4.78 is 32.8. The second kappa shape index (κ2) is 6.87. The average molecular weight is 312 g/mol. The number of nitrogens with two attached hydrogens (primary N) is 1. The number of hydrogen-bond donors (Lipinski definition) is 1. The van der Waals surface area contributed by atoms with E-state index in [1.807, 2.05) is 26.0 Å². The normalized spacial score (nSPS) is 20.6. The van der Waals surface area contributed by atoms with Crippen molar-refractivity contribution in [3.8, 4) is 0 Å². The molecule has 1 aromatic rings. The highest BCUT2D eigenvalue weighted by Crippen LogP contribution is 2.25. The highest BCUT2D eigenvalue weighted by atomic mass is 32.2. The predicted molar refractivity (Wildman–Crippen MR) is 82.5 cm³/mol. The van der Waals surface area contributed by atoms with Gasteiger partial charge in [-0.15, -0.1) is 0 Å². The second-order valence-corrected chi connectivity index (χ2v) is 7.29. The van der Waals surface area contributed by atoms with E-state index in [0.29, 0.717) is 31.1 Å². The molecule has 1 atom stereocenters. The SMILES string of the molecule is CCOC1CCCN(S(=O)(=O)c2cc(CN)ccc2C)C1. The molecule has 1 unspecified atom stereocenters. The monoisotopic (exact) mass is 312 g/mol.